The lowest BCUT2D eigenvalue weighted by Gasteiger charge is -2.13. The molecule has 0 unspecified atom stereocenters. The zero-order valence-corrected chi connectivity index (χ0v) is 15.4. The molecule has 0 fully saturated rings. The van der Waals surface area contributed by atoms with E-state index in [1.807, 2.05) is 0 Å². The van der Waals surface area contributed by atoms with Crippen molar-refractivity contribution in [3.05, 3.63) is 93.9 Å². The second-order valence-corrected chi connectivity index (χ2v) is 7.64. The Kier molecular flexibility index (Phi) is 5.34. The van der Waals surface area contributed by atoms with Crippen LogP contribution in [0.1, 0.15) is 15.9 Å². The minimum absolute atomic E-state index is 0.0500. The summed E-state index contributed by atoms with van der Waals surface area (Å²) in [4.78, 5) is 23.4. The van der Waals surface area contributed by atoms with E-state index in [4.69, 9.17) is 11.6 Å². The van der Waals surface area contributed by atoms with Crippen molar-refractivity contribution in [1.82, 2.24) is 0 Å². The lowest BCUT2D eigenvalue weighted by molar-refractivity contribution is 0.103. The molecule has 27 heavy (non-hydrogen) atoms. The zero-order valence-electron chi connectivity index (χ0n) is 13.8. The van der Waals surface area contributed by atoms with Crippen LogP contribution in [0.3, 0.4) is 0 Å². The summed E-state index contributed by atoms with van der Waals surface area (Å²) in [6, 6.07) is 18.2. The second kappa shape index (κ2) is 7.69. The molecule has 0 aliphatic rings. The maximum atomic E-state index is 12.8. The molecule has 3 aromatic carbocycles. The van der Waals surface area contributed by atoms with Crippen LogP contribution in [0.2, 0.25) is 5.02 Å². The number of nitrogens with zero attached hydrogens (tertiary/aromatic N) is 1. The Labute approximate surface area is 160 Å². The van der Waals surface area contributed by atoms with Gasteiger partial charge in [-0.15, -0.1) is 4.91 Å². The van der Waals surface area contributed by atoms with Gasteiger partial charge in [-0.05, 0) is 35.5 Å². The number of nitrogens with one attached hydrogen (secondary N) is 1. The van der Waals surface area contributed by atoms with E-state index in [0.717, 1.165) is 0 Å². The average molecular weight is 401 g/mol. The van der Waals surface area contributed by atoms with Gasteiger partial charge >= 0.3 is 0 Å². The van der Waals surface area contributed by atoms with Gasteiger partial charge in [-0.25, -0.2) is 8.42 Å². The second-order valence-electron chi connectivity index (χ2n) is 5.55. The maximum Gasteiger partial charge on any atom is 0.264 e. The molecule has 0 saturated carbocycles. The summed E-state index contributed by atoms with van der Waals surface area (Å²) in [5.41, 5.74) is 0.299. The van der Waals surface area contributed by atoms with Gasteiger partial charge in [0, 0.05) is 16.1 Å². The van der Waals surface area contributed by atoms with Crippen molar-refractivity contribution in [3.63, 3.8) is 0 Å². The zero-order chi connectivity index (χ0) is 19.4. The van der Waals surface area contributed by atoms with Crippen LogP contribution >= 0.6 is 11.6 Å². The van der Waals surface area contributed by atoms with Crippen molar-refractivity contribution in [3.8, 4) is 0 Å². The molecule has 0 bridgehead atoms. The number of anilines is 1. The number of halogens is 1. The molecular formula is C19H13ClN2O4S. The number of carbonyl (C=O) groups is 1. The van der Waals surface area contributed by atoms with Crippen LogP contribution < -0.4 is 4.72 Å². The minimum Gasteiger partial charge on any atom is -0.289 e. The molecule has 0 aromatic heterocycles. The van der Waals surface area contributed by atoms with Crippen LogP contribution in [0.25, 0.3) is 0 Å². The van der Waals surface area contributed by atoms with Crippen LogP contribution in [0.15, 0.2) is 82.9 Å². The number of benzene rings is 3. The van der Waals surface area contributed by atoms with E-state index in [1.165, 1.54) is 42.5 Å². The Morgan fingerprint density at radius 3 is 2.30 bits per heavy atom. The van der Waals surface area contributed by atoms with Gasteiger partial charge in [-0.2, -0.15) is 0 Å². The monoisotopic (exact) mass is 400 g/mol. The molecular weight excluding hydrogens is 388 g/mol. The number of sulfonamides is 1. The Bertz CT molecular complexity index is 1120. The van der Waals surface area contributed by atoms with Gasteiger partial charge < -0.3 is 0 Å². The highest BCUT2D eigenvalue weighted by Gasteiger charge is 2.22. The first kappa shape index (κ1) is 18.8. The maximum absolute atomic E-state index is 12.8. The normalized spacial score (nSPS) is 11.0. The molecule has 136 valence electrons. The predicted molar refractivity (Wildman–Crippen MR) is 104 cm³/mol. The lowest BCUT2D eigenvalue weighted by atomic mass is 10.0. The molecule has 0 radical (unpaired) electrons. The molecule has 0 spiro atoms. The molecule has 0 heterocycles. The van der Waals surface area contributed by atoms with Crippen molar-refractivity contribution in [2.75, 3.05) is 4.72 Å². The van der Waals surface area contributed by atoms with Gasteiger partial charge in [0.15, 0.2) is 5.78 Å². The highest BCUT2D eigenvalue weighted by molar-refractivity contribution is 7.92. The molecule has 3 aromatic rings. The largest absolute Gasteiger partial charge is 0.289 e. The minimum atomic E-state index is -4.15. The van der Waals surface area contributed by atoms with Crippen LogP contribution in [-0.2, 0) is 10.0 Å². The van der Waals surface area contributed by atoms with E-state index in [1.54, 1.807) is 30.3 Å². The van der Waals surface area contributed by atoms with Gasteiger partial charge in [0.05, 0.1) is 5.69 Å². The fourth-order valence-corrected chi connectivity index (χ4v) is 3.89. The van der Waals surface area contributed by atoms with Crippen LogP contribution in [0.5, 0.6) is 0 Å². The van der Waals surface area contributed by atoms with Crippen molar-refractivity contribution in [2.24, 2.45) is 5.18 Å². The molecule has 1 N–H and O–H groups in total. The van der Waals surface area contributed by atoms with E-state index in [-0.39, 0.29) is 26.9 Å². The van der Waals surface area contributed by atoms with E-state index in [2.05, 4.69) is 9.90 Å². The fourth-order valence-electron chi connectivity index (χ4n) is 2.50. The molecule has 0 amide bonds. The van der Waals surface area contributed by atoms with Crippen LogP contribution in [-0.4, -0.2) is 14.2 Å². The smallest absolute Gasteiger partial charge is 0.264 e. The summed E-state index contributed by atoms with van der Waals surface area (Å²) >= 11 is 6.00. The number of nitroso groups, excluding NO2 is 1. The first-order chi connectivity index (χ1) is 12.9. The molecule has 0 aliphatic carbocycles. The van der Waals surface area contributed by atoms with Crippen LogP contribution in [0, 0.1) is 4.91 Å². The summed E-state index contributed by atoms with van der Waals surface area (Å²) in [7, 11) is -4.15. The number of carbonyl (C=O) groups excluding carboxylic acids is 1. The molecule has 3 rings (SSSR count). The van der Waals surface area contributed by atoms with Gasteiger partial charge in [0.25, 0.3) is 10.0 Å². The quantitative estimate of drug-likeness (QED) is 0.476. The topological polar surface area (TPSA) is 92.7 Å². The summed E-state index contributed by atoms with van der Waals surface area (Å²) in [6.07, 6.45) is 0. The first-order valence-corrected chi connectivity index (χ1v) is 9.63. The van der Waals surface area contributed by atoms with Crippen LogP contribution in [0.4, 0.5) is 11.4 Å². The summed E-state index contributed by atoms with van der Waals surface area (Å²) in [5, 5.41) is 3.02. The van der Waals surface area contributed by atoms with Crippen molar-refractivity contribution < 1.29 is 13.2 Å². The Morgan fingerprint density at radius 2 is 1.59 bits per heavy atom. The van der Waals surface area contributed by atoms with Crippen molar-refractivity contribution >= 4 is 38.8 Å². The highest BCUT2D eigenvalue weighted by Crippen LogP contribution is 2.29. The Balaban J connectivity index is 2.05. The molecule has 6 nitrogen and oxygen atoms in total. The van der Waals surface area contributed by atoms with E-state index < -0.39 is 15.8 Å². The third-order valence-electron chi connectivity index (χ3n) is 3.76. The third-order valence-corrected chi connectivity index (χ3v) is 5.41. The number of ketones is 1. The van der Waals surface area contributed by atoms with Gasteiger partial charge in [0.2, 0.25) is 0 Å². The van der Waals surface area contributed by atoms with Crippen molar-refractivity contribution in [1.29, 1.82) is 0 Å². The fraction of sp³-hybridized carbons (Fsp3) is 0. The standard InChI is InChI=1S/C19H13ClN2O4S/c20-14-10-11-16(15(12-14)19(23)13-6-2-1-3-7-13)22-27(25,26)18-9-5-4-8-17(18)21-24/h1-12,22H. The van der Waals surface area contributed by atoms with Gasteiger partial charge in [-0.3, -0.25) is 9.52 Å². The SMILES string of the molecule is O=Nc1ccccc1S(=O)(=O)Nc1ccc(Cl)cc1C(=O)c1ccccc1. The van der Waals surface area contributed by atoms with E-state index in [9.17, 15) is 18.1 Å². The van der Waals surface area contributed by atoms with E-state index >= 15 is 0 Å². The first-order valence-electron chi connectivity index (χ1n) is 7.77. The highest BCUT2D eigenvalue weighted by atomic mass is 35.5. The van der Waals surface area contributed by atoms with Gasteiger partial charge in [0.1, 0.15) is 10.6 Å². The van der Waals surface area contributed by atoms with E-state index in [0.29, 0.717) is 5.56 Å². The molecule has 0 saturated heterocycles. The number of hydrogen-bond donors (Lipinski definition) is 1. The molecule has 0 atom stereocenters. The van der Waals surface area contributed by atoms with Gasteiger partial charge in [-0.1, -0.05) is 54.1 Å². The van der Waals surface area contributed by atoms with Crippen molar-refractivity contribution in [2.45, 2.75) is 4.90 Å². The molecule has 8 heteroatoms. The summed E-state index contributed by atoms with van der Waals surface area (Å²) in [5.74, 6) is -0.391. The summed E-state index contributed by atoms with van der Waals surface area (Å²) < 4.78 is 27.8. The number of hydrogen-bond acceptors (Lipinski definition) is 5. The predicted octanol–water partition coefficient (Wildman–Crippen LogP) is 4.77. The Hall–Kier alpha value is -3.03. The summed E-state index contributed by atoms with van der Waals surface area (Å²) in [6.45, 7) is 0. The Morgan fingerprint density at radius 1 is 0.926 bits per heavy atom. The molecule has 0 aliphatic heterocycles. The average Bonchev–Trinajstić information content (AvgIpc) is 2.69. The third kappa shape index (κ3) is 4.05. The number of rotatable bonds is 6. The lowest BCUT2D eigenvalue weighted by Crippen LogP contribution is -2.16.